The summed E-state index contributed by atoms with van der Waals surface area (Å²) in [5.74, 6) is 1.63. The molecule has 0 spiro atoms. The van der Waals surface area contributed by atoms with Crippen molar-refractivity contribution in [3.63, 3.8) is 0 Å². The van der Waals surface area contributed by atoms with Crippen molar-refractivity contribution in [1.29, 1.82) is 0 Å². The predicted octanol–water partition coefficient (Wildman–Crippen LogP) is 15.4. The molecule has 0 saturated heterocycles. The summed E-state index contributed by atoms with van der Waals surface area (Å²) in [6.45, 7) is 0. The maximum atomic E-state index is 6.81. The zero-order valence-electron chi connectivity index (χ0n) is 30.7. The molecule has 0 atom stereocenters. The van der Waals surface area contributed by atoms with Crippen LogP contribution in [0.15, 0.2) is 200 Å². The van der Waals surface area contributed by atoms with Crippen molar-refractivity contribution in [2.75, 3.05) is 9.80 Å². The Kier molecular flexibility index (Phi) is 7.06. The first-order chi connectivity index (χ1) is 28.2. The molecule has 12 rings (SSSR count). The molecule has 11 aromatic rings. The van der Waals surface area contributed by atoms with Crippen LogP contribution in [0.1, 0.15) is 0 Å². The first-order valence-corrected chi connectivity index (χ1v) is 20.1. The number of anilines is 6. The van der Waals surface area contributed by atoms with Gasteiger partial charge in [0, 0.05) is 65.4 Å². The normalized spacial score (nSPS) is 12.3. The second kappa shape index (κ2) is 12.6. The Morgan fingerprint density at radius 3 is 1.98 bits per heavy atom. The molecule has 268 valence electrons. The standard InChI is InChI=1S/C52H33N3OS/c1-2-14-36(15-3-1)54-45-18-8-6-16-41(45)44-31-38(25-28-46(44)54)53(37-23-22-34-12-4-5-13-35(34)30-37)39-26-29-48-50(32-39)56-49-20-10-9-19-47(49)55(48)40-24-27-43-42-17-7-11-21-51(42)57-52(43)33-40/h1-33H. The number of thiophene rings is 1. The number of fused-ring (bicyclic) bond motifs is 9. The first kappa shape index (κ1) is 32.0. The minimum absolute atomic E-state index is 0.801. The van der Waals surface area contributed by atoms with Gasteiger partial charge < -0.3 is 19.1 Å². The van der Waals surface area contributed by atoms with Gasteiger partial charge >= 0.3 is 0 Å². The highest BCUT2D eigenvalue weighted by Gasteiger charge is 2.28. The Labute approximate surface area is 333 Å². The van der Waals surface area contributed by atoms with Gasteiger partial charge in [-0.3, -0.25) is 0 Å². The maximum Gasteiger partial charge on any atom is 0.153 e. The van der Waals surface area contributed by atoms with Crippen LogP contribution in [0, 0.1) is 0 Å². The third-order valence-electron chi connectivity index (χ3n) is 11.3. The van der Waals surface area contributed by atoms with Crippen LogP contribution in [0.25, 0.3) is 58.4 Å². The van der Waals surface area contributed by atoms with Gasteiger partial charge in [-0.1, -0.05) is 103 Å². The first-order valence-electron chi connectivity index (χ1n) is 19.3. The summed E-state index contributed by atoms with van der Waals surface area (Å²) < 4.78 is 11.7. The van der Waals surface area contributed by atoms with E-state index >= 15 is 0 Å². The van der Waals surface area contributed by atoms with E-state index in [1.165, 1.54) is 52.8 Å². The number of hydrogen-bond acceptors (Lipinski definition) is 4. The lowest BCUT2D eigenvalue weighted by Gasteiger charge is -2.34. The Morgan fingerprint density at radius 2 is 1.05 bits per heavy atom. The van der Waals surface area contributed by atoms with Crippen molar-refractivity contribution in [1.82, 2.24) is 4.57 Å². The molecule has 1 aliphatic heterocycles. The molecule has 0 amide bonds. The number of rotatable bonds is 5. The highest BCUT2D eigenvalue weighted by Crippen LogP contribution is 2.53. The van der Waals surface area contributed by atoms with E-state index in [-0.39, 0.29) is 0 Å². The molecule has 2 aromatic heterocycles. The molecule has 0 radical (unpaired) electrons. The molecule has 5 heteroatoms. The fraction of sp³-hybridized carbons (Fsp3) is 0. The molecular formula is C52H33N3OS. The number of hydrogen-bond donors (Lipinski definition) is 0. The van der Waals surface area contributed by atoms with Crippen LogP contribution in [-0.2, 0) is 0 Å². The lowest BCUT2D eigenvalue weighted by Crippen LogP contribution is -2.17. The lowest BCUT2D eigenvalue weighted by molar-refractivity contribution is 0.477. The van der Waals surface area contributed by atoms with Gasteiger partial charge in [0.2, 0.25) is 0 Å². The quantitative estimate of drug-likeness (QED) is 0.175. The van der Waals surface area contributed by atoms with E-state index in [1.54, 1.807) is 0 Å². The second-order valence-electron chi connectivity index (χ2n) is 14.6. The molecule has 1 aliphatic rings. The highest BCUT2D eigenvalue weighted by molar-refractivity contribution is 7.25. The SMILES string of the molecule is c1ccc(-n2c3ccccc3c3cc(N(c4ccc5c(c4)Oc4ccccc4N5c4ccc5c(c4)sc4ccccc45)c4ccc5ccccc5c4)ccc32)cc1. The zero-order valence-corrected chi connectivity index (χ0v) is 31.5. The summed E-state index contributed by atoms with van der Waals surface area (Å²) in [7, 11) is 0. The van der Waals surface area contributed by atoms with E-state index in [4.69, 9.17) is 4.74 Å². The average molecular weight is 748 g/mol. The summed E-state index contributed by atoms with van der Waals surface area (Å²) in [4.78, 5) is 4.70. The van der Waals surface area contributed by atoms with Crippen LogP contribution in [-0.4, -0.2) is 4.57 Å². The van der Waals surface area contributed by atoms with Gasteiger partial charge in [-0.05, 0) is 102 Å². The number of nitrogens with zero attached hydrogens (tertiary/aromatic N) is 3. The Hall–Kier alpha value is -7.34. The molecule has 9 aromatic carbocycles. The second-order valence-corrected chi connectivity index (χ2v) is 15.7. The van der Waals surface area contributed by atoms with Crippen LogP contribution in [0.5, 0.6) is 11.5 Å². The molecule has 0 bridgehead atoms. The Morgan fingerprint density at radius 1 is 0.386 bits per heavy atom. The van der Waals surface area contributed by atoms with Crippen LogP contribution in [0.4, 0.5) is 34.1 Å². The summed E-state index contributed by atoms with van der Waals surface area (Å²) in [6.07, 6.45) is 0. The molecule has 0 aliphatic carbocycles. The van der Waals surface area contributed by atoms with Gasteiger partial charge in [-0.25, -0.2) is 0 Å². The largest absolute Gasteiger partial charge is 0.453 e. The molecule has 4 nitrogen and oxygen atoms in total. The number of para-hydroxylation sites is 4. The van der Waals surface area contributed by atoms with Crippen molar-refractivity contribution >= 4 is 98.2 Å². The van der Waals surface area contributed by atoms with Crippen molar-refractivity contribution in [3.05, 3.63) is 200 Å². The molecule has 3 heterocycles. The molecule has 57 heavy (non-hydrogen) atoms. The summed E-state index contributed by atoms with van der Waals surface area (Å²) in [5, 5.41) is 7.39. The molecule has 0 saturated carbocycles. The van der Waals surface area contributed by atoms with Crippen LogP contribution >= 0.6 is 11.3 Å². The molecule has 0 fully saturated rings. The minimum atomic E-state index is 0.801. The fourth-order valence-corrected chi connectivity index (χ4v) is 9.87. The predicted molar refractivity (Wildman–Crippen MR) is 241 cm³/mol. The molecular weight excluding hydrogens is 715 g/mol. The zero-order chi connectivity index (χ0) is 37.5. The number of ether oxygens (including phenoxy) is 1. The summed E-state index contributed by atoms with van der Waals surface area (Å²) >= 11 is 1.84. The maximum absolute atomic E-state index is 6.81. The van der Waals surface area contributed by atoms with E-state index in [2.05, 4.69) is 208 Å². The van der Waals surface area contributed by atoms with Crippen molar-refractivity contribution in [2.24, 2.45) is 0 Å². The third-order valence-corrected chi connectivity index (χ3v) is 12.4. The van der Waals surface area contributed by atoms with Gasteiger partial charge in [0.1, 0.15) is 0 Å². The lowest BCUT2D eigenvalue weighted by atomic mass is 10.1. The number of benzene rings is 9. The minimum Gasteiger partial charge on any atom is -0.453 e. The average Bonchev–Trinajstić information content (AvgIpc) is 3.81. The smallest absolute Gasteiger partial charge is 0.153 e. The van der Waals surface area contributed by atoms with Gasteiger partial charge in [0.05, 0.1) is 22.4 Å². The molecule has 0 N–H and O–H groups in total. The van der Waals surface area contributed by atoms with E-state index in [0.717, 1.165) is 51.3 Å². The topological polar surface area (TPSA) is 20.6 Å². The van der Waals surface area contributed by atoms with Crippen LogP contribution < -0.4 is 14.5 Å². The van der Waals surface area contributed by atoms with E-state index in [1.807, 2.05) is 17.4 Å². The Bertz CT molecular complexity index is 3360. The Balaban J connectivity index is 1.05. The van der Waals surface area contributed by atoms with E-state index in [9.17, 15) is 0 Å². The van der Waals surface area contributed by atoms with Gasteiger partial charge in [-0.2, -0.15) is 0 Å². The van der Waals surface area contributed by atoms with Crippen LogP contribution in [0.2, 0.25) is 0 Å². The van der Waals surface area contributed by atoms with Crippen molar-refractivity contribution in [3.8, 4) is 17.2 Å². The fourth-order valence-electron chi connectivity index (χ4n) is 8.73. The highest BCUT2D eigenvalue weighted by atomic mass is 32.1. The van der Waals surface area contributed by atoms with Crippen molar-refractivity contribution in [2.45, 2.75) is 0 Å². The van der Waals surface area contributed by atoms with E-state index < -0.39 is 0 Å². The third kappa shape index (κ3) is 5.06. The van der Waals surface area contributed by atoms with Crippen LogP contribution in [0.3, 0.4) is 0 Å². The number of aromatic nitrogens is 1. The summed E-state index contributed by atoms with van der Waals surface area (Å²) in [6, 6.07) is 71.9. The van der Waals surface area contributed by atoms with Gasteiger partial charge in [0.25, 0.3) is 0 Å². The van der Waals surface area contributed by atoms with Crippen molar-refractivity contribution < 1.29 is 4.74 Å². The van der Waals surface area contributed by atoms with E-state index in [0.29, 0.717) is 0 Å². The monoisotopic (exact) mass is 747 g/mol. The van der Waals surface area contributed by atoms with Gasteiger partial charge in [-0.15, -0.1) is 11.3 Å². The van der Waals surface area contributed by atoms with Gasteiger partial charge in [0.15, 0.2) is 11.5 Å². The summed E-state index contributed by atoms with van der Waals surface area (Å²) in [5.41, 5.74) is 9.76. The molecule has 0 unspecified atom stereocenters.